The van der Waals surface area contributed by atoms with E-state index in [0.29, 0.717) is 0 Å². The molecule has 0 saturated carbocycles. The molecule has 0 aliphatic heterocycles. The van der Waals surface area contributed by atoms with Gasteiger partial charge in [-0.25, -0.2) is 0 Å². The smallest absolute Gasteiger partial charge is 0.217 e. The average Bonchev–Trinajstić information content (AvgIpc) is 2.58. The van der Waals surface area contributed by atoms with Crippen LogP contribution in [0.15, 0.2) is 12.1 Å². The van der Waals surface area contributed by atoms with Gasteiger partial charge in [0.2, 0.25) is 5.91 Å². The Kier molecular flexibility index (Phi) is 3.97. The summed E-state index contributed by atoms with van der Waals surface area (Å²) in [4.78, 5) is 23.7. The van der Waals surface area contributed by atoms with Crippen molar-refractivity contribution in [1.82, 2.24) is 5.32 Å². The van der Waals surface area contributed by atoms with Crippen LogP contribution < -0.4 is 5.32 Å². The number of benzene rings is 1. The van der Waals surface area contributed by atoms with Crippen LogP contribution in [0.25, 0.3) is 0 Å². The molecule has 0 spiro atoms. The molecule has 0 saturated heterocycles. The number of carbonyl (C=O) groups is 2. The molecule has 1 aromatic rings. The Bertz CT molecular complexity index is 636. The lowest BCUT2D eigenvalue weighted by Crippen LogP contribution is -2.26. The number of fused-ring (bicyclic) bond motifs is 1. The first-order valence-corrected chi connectivity index (χ1v) is 7.90. The van der Waals surface area contributed by atoms with Crippen molar-refractivity contribution in [3.05, 3.63) is 34.4 Å². The van der Waals surface area contributed by atoms with Gasteiger partial charge < -0.3 is 5.32 Å². The van der Waals surface area contributed by atoms with Crippen molar-refractivity contribution in [2.45, 2.75) is 71.8 Å². The van der Waals surface area contributed by atoms with Crippen LogP contribution >= 0.6 is 0 Å². The van der Waals surface area contributed by atoms with Gasteiger partial charge in [0.1, 0.15) is 0 Å². The Labute approximate surface area is 133 Å². The predicted octanol–water partition coefficient (Wildman–Crippen LogP) is 4.05. The van der Waals surface area contributed by atoms with Gasteiger partial charge in [-0.05, 0) is 46.9 Å². The maximum absolute atomic E-state index is 12.2. The van der Waals surface area contributed by atoms with E-state index in [2.05, 4.69) is 46.0 Å². The fraction of sp³-hybridized carbons (Fsp3) is 0.579. The third kappa shape index (κ3) is 2.94. The standard InChI is InChI=1S/C19H27NO2/c1-11(21)14-8-13(18(3,4)5)9-15-17(14)16(20-12(2)22)10-19(15,6)7/h8-9,16H,10H2,1-7H3,(H,20,22). The highest BCUT2D eigenvalue weighted by molar-refractivity contribution is 5.97. The molecule has 1 aliphatic carbocycles. The van der Waals surface area contributed by atoms with Gasteiger partial charge in [0.05, 0.1) is 6.04 Å². The number of Topliss-reactive ketones (excluding diaryl/α,β-unsaturated/α-hetero) is 1. The van der Waals surface area contributed by atoms with Crippen LogP contribution in [-0.2, 0) is 15.6 Å². The number of hydrogen-bond acceptors (Lipinski definition) is 2. The van der Waals surface area contributed by atoms with Crippen molar-refractivity contribution in [1.29, 1.82) is 0 Å². The van der Waals surface area contributed by atoms with Crippen molar-refractivity contribution in [3.8, 4) is 0 Å². The normalized spacial score (nSPS) is 19.7. The Morgan fingerprint density at radius 3 is 2.23 bits per heavy atom. The molecule has 1 aliphatic rings. The van der Waals surface area contributed by atoms with Crippen molar-refractivity contribution in [2.24, 2.45) is 0 Å². The molecule has 0 heterocycles. The summed E-state index contributed by atoms with van der Waals surface area (Å²) in [6.07, 6.45) is 0.829. The molecule has 1 atom stereocenters. The molecule has 0 bridgehead atoms. The first-order chi connectivity index (χ1) is 9.93. The molecule has 2 rings (SSSR count). The van der Waals surface area contributed by atoms with Crippen LogP contribution in [0.4, 0.5) is 0 Å². The summed E-state index contributed by atoms with van der Waals surface area (Å²) in [6.45, 7) is 14.0. The Morgan fingerprint density at radius 1 is 1.18 bits per heavy atom. The minimum absolute atomic E-state index is 0.0125. The van der Waals surface area contributed by atoms with Gasteiger partial charge in [-0.3, -0.25) is 9.59 Å². The van der Waals surface area contributed by atoms with Gasteiger partial charge in [-0.15, -0.1) is 0 Å². The lowest BCUT2D eigenvalue weighted by molar-refractivity contribution is -0.119. The van der Waals surface area contributed by atoms with E-state index in [4.69, 9.17) is 0 Å². The molecule has 0 aromatic heterocycles. The van der Waals surface area contributed by atoms with E-state index < -0.39 is 0 Å². The lowest BCUT2D eigenvalue weighted by Gasteiger charge is -2.25. The average molecular weight is 301 g/mol. The van der Waals surface area contributed by atoms with Gasteiger partial charge in [0, 0.05) is 12.5 Å². The number of ketones is 1. The van der Waals surface area contributed by atoms with Gasteiger partial charge in [0.25, 0.3) is 0 Å². The van der Waals surface area contributed by atoms with Gasteiger partial charge in [0.15, 0.2) is 5.78 Å². The first-order valence-electron chi connectivity index (χ1n) is 7.90. The summed E-state index contributed by atoms with van der Waals surface area (Å²) in [5.74, 6) is 0.0125. The first kappa shape index (κ1) is 16.7. The second-order valence-electron chi connectivity index (χ2n) is 8.13. The van der Waals surface area contributed by atoms with E-state index in [9.17, 15) is 9.59 Å². The number of nitrogens with one attached hydrogen (secondary N) is 1. The molecule has 0 radical (unpaired) electrons. The highest BCUT2D eigenvalue weighted by atomic mass is 16.1. The molecule has 3 nitrogen and oxygen atoms in total. The third-order valence-electron chi connectivity index (χ3n) is 4.59. The Balaban J connectivity index is 2.72. The zero-order valence-electron chi connectivity index (χ0n) is 14.8. The molecular formula is C19H27NO2. The van der Waals surface area contributed by atoms with Crippen LogP contribution in [0.5, 0.6) is 0 Å². The topological polar surface area (TPSA) is 46.2 Å². The molecule has 1 aromatic carbocycles. The van der Waals surface area contributed by atoms with E-state index in [0.717, 1.165) is 17.5 Å². The third-order valence-corrected chi connectivity index (χ3v) is 4.59. The number of rotatable bonds is 2. The summed E-state index contributed by atoms with van der Waals surface area (Å²) < 4.78 is 0. The molecule has 120 valence electrons. The molecule has 1 unspecified atom stereocenters. The van der Waals surface area contributed by atoms with Crippen molar-refractivity contribution in [3.63, 3.8) is 0 Å². The van der Waals surface area contributed by atoms with Crippen LogP contribution in [0, 0.1) is 0 Å². The highest BCUT2D eigenvalue weighted by Gasteiger charge is 2.40. The Morgan fingerprint density at radius 2 is 1.77 bits per heavy atom. The quantitative estimate of drug-likeness (QED) is 0.838. The molecular weight excluding hydrogens is 274 g/mol. The van der Waals surface area contributed by atoms with Crippen molar-refractivity contribution < 1.29 is 9.59 Å². The number of hydrogen-bond donors (Lipinski definition) is 1. The molecule has 3 heteroatoms. The van der Waals surface area contributed by atoms with E-state index >= 15 is 0 Å². The molecule has 22 heavy (non-hydrogen) atoms. The monoisotopic (exact) mass is 301 g/mol. The SMILES string of the molecule is CC(=O)NC1CC(C)(C)c2cc(C(C)(C)C)cc(C(C)=O)c21. The number of amides is 1. The van der Waals surface area contributed by atoms with Crippen LogP contribution in [0.1, 0.15) is 88.0 Å². The second-order valence-corrected chi connectivity index (χ2v) is 8.13. The number of carbonyl (C=O) groups excluding carboxylic acids is 2. The maximum Gasteiger partial charge on any atom is 0.217 e. The van der Waals surface area contributed by atoms with Gasteiger partial charge in [-0.1, -0.05) is 40.7 Å². The maximum atomic E-state index is 12.2. The van der Waals surface area contributed by atoms with Crippen molar-refractivity contribution >= 4 is 11.7 Å². The summed E-state index contributed by atoms with van der Waals surface area (Å²) in [6, 6.07) is 4.16. The zero-order valence-corrected chi connectivity index (χ0v) is 14.8. The molecule has 1 N–H and O–H groups in total. The minimum atomic E-state index is -0.0737. The fourth-order valence-corrected chi connectivity index (χ4v) is 3.40. The van der Waals surface area contributed by atoms with E-state index in [1.165, 1.54) is 18.1 Å². The zero-order chi connectivity index (χ0) is 16.9. The largest absolute Gasteiger partial charge is 0.349 e. The molecule has 0 fully saturated rings. The van der Waals surface area contributed by atoms with Crippen LogP contribution in [-0.4, -0.2) is 11.7 Å². The van der Waals surface area contributed by atoms with Crippen LogP contribution in [0.3, 0.4) is 0 Å². The summed E-state index contributed by atoms with van der Waals surface area (Å²) >= 11 is 0. The lowest BCUT2D eigenvalue weighted by atomic mass is 9.79. The molecule has 1 amide bonds. The van der Waals surface area contributed by atoms with E-state index in [1.807, 2.05) is 6.07 Å². The summed E-state index contributed by atoms with van der Waals surface area (Å²) in [5.41, 5.74) is 4.08. The highest BCUT2D eigenvalue weighted by Crippen LogP contribution is 2.47. The van der Waals surface area contributed by atoms with Gasteiger partial charge in [-0.2, -0.15) is 0 Å². The Hall–Kier alpha value is -1.64. The fourth-order valence-electron chi connectivity index (χ4n) is 3.40. The minimum Gasteiger partial charge on any atom is -0.349 e. The van der Waals surface area contributed by atoms with Crippen molar-refractivity contribution in [2.75, 3.05) is 0 Å². The van der Waals surface area contributed by atoms with Gasteiger partial charge >= 0.3 is 0 Å². The van der Waals surface area contributed by atoms with Crippen LogP contribution in [0.2, 0.25) is 0 Å². The van der Waals surface area contributed by atoms with E-state index in [1.54, 1.807) is 6.92 Å². The summed E-state index contributed by atoms with van der Waals surface area (Å²) in [7, 11) is 0. The predicted molar refractivity (Wildman–Crippen MR) is 89.3 cm³/mol. The second kappa shape index (κ2) is 5.22. The summed E-state index contributed by atoms with van der Waals surface area (Å²) in [5, 5.41) is 3.02. The van der Waals surface area contributed by atoms with E-state index in [-0.39, 0.29) is 28.6 Å².